The number of non-ortho nitro benzene ring substituents is 1. The molecule has 112 valence electrons. The highest BCUT2D eigenvalue weighted by Crippen LogP contribution is 2.28. The molecule has 2 aromatic rings. The summed E-state index contributed by atoms with van der Waals surface area (Å²) in [6.45, 7) is 1.70. The van der Waals surface area contributed by atoms with Gasteiger partial charge in [0.2, 0.25) is 0 Å². The van der Waals surface area contributed by atoms with Crippen LogP contribution in [0.5, 0.6) is 0 Å². The molecule has 0 aliphatic rings. The number of urea groups is 1. The SMILES string of the molecule is CCC(CO)NC(=O)Nc1nc2ccc([N+](=O)[O-])cc2s1. The largest absolute Gasteiger partial charge is 0.394 e. The van der Waals surface area contributed by atoms with Crippen molar-refractivity contribution in [1.82, 2.24) is 10.3 Å². The van der Waals surface area contributed by atoms with Crippen LogP contribution in [0, 0.1) is 10.1 Å². The van der Waals surface area contributed by atoms with E-state index in [4.69, 9.17) is 5.11 Å². The molecule has 21 heavy (non-hydrogen) atoms. The van der Waals surface area contributed by atoms with Gasteiger partial charge in [-0.05, 0) is 12.5 Å². The van der Waals surface area contributed by atoms with Crippen LogP contribution < -0.4 is 10.6 Å². The van der Waals surface area contributed by atoms with Crippen LogP contribution in [0.4, 0.5) is 15.6 Å². The van der Waals surface area contributed by atoms with E-state index in [1.807, 2.05) is 6.92 Å². The number of fused-ring (bicyclic) bond motifs is 1. The lowest BCUT2D eigenvalue weighted by Gasteiger charge is -2.13. The number of aliphatic hydroxyl groups excluding tert-OH is 1. The Morgan fingerprint density at radius 2 is 2.33 bits per heavy atom. The Bertz CT molecular complexity index is 668. The topological polar surface area (TPSA) is 117 Å². The summed E-state index contributed by atoms with van der Waals surface area (Å²) in [5.74, 6) is 0. The standard InChI is InChI=1S/C12H14N4O4S/c1-2-7(6-17)13-11(18)15-12-14-9-4-3-8(16(19)20)5-10(9)21-12/h3-5,7,17H,2,6H2,1H3,(H2,13,14,15,18). The first-order valence-electron chi connectivity index (χ1n) is 6.26. The predicted octanol–water partition coefficient (Wildman–Crippen LogP) is 2.10. The van der Waals surface area contributed by atoms with Crippen molar-refractivity contribution in [2.24, 2.45) is 0 Å². The molecule has 9 heteroatoms. The van der Waals surface area contributed by atoms with E-state index in [0.29, 0.717) is 21.8 Å². The molecule has 1 atom stereocenters. The average molecular weight is 310 g/mol. The number of carbonyl (C=O) groups excluding carboxylic acids is 1. The van der Waals surface area contributed by atoms with E-state index in [-0.39, 0.29) is 18.3 Å². The van der Waals surface area contributed by atoms with Crippen molar-refractivity contribution in [1.29, 1.82) is 0 Å². The van der Waals surface area contributed by atoms with Crippen LogP contribution in [0.2, 0.25) is 0 Å². The summed E-state index contributed by atoms with van der Waals surface area (Å²) >= 11 is 1.15. The molecule has 8 nitrogen and oxygen atoms in total. The fourth-order valence-electron chi connectivity index (χ4n) is 1.68. The second-order valence-electron chi connectivity index (χ2n) is 4.31. The minimum absolute atomic E-state index is 0.0199. The first kappa shape index (κ1) is 15.1. The minimum atomic E-state index is -0.480. The van der Waals surface area contributed by atoms with Crippen molar-refractivity contribution in [2.45, 2.75) is 19.4 Å². The number of nitrogens with one attached hydrogen (secondary N) is 2. The normalized spacial score (nSPS) is 12.1. The van der Waals surface area contributed by atoms with Gasteiger partial charge in [0.15, 0.2) is 5.13 Å². The highest BCUT2D eigenvalue weighted by atomic mass is 32.1. The fraction of sp³-hybridized carbons (Fsp3) is 0.333. The molecule has 0 saturated carbocycles. The number of aliphatic hydroxyl groups is 1. The Labute approximate surface area is 124 Å². The Morgan fingerprint density at radius 3 is 2.95 bits per heavy atom. The van der Waals surface area contributed by atoms with E-state index in [0.717, 1.165) is 11.3 Å². The molecule has 1 heterocycles. The number of nitro groups is 1. The molecule has 0 bridgehead atoms. The van der Waals surface area contributed by atoms with Gasteiger partial charge in [0, 0.05) is 12.1 Å². The third kappa shape index (κ3) is 3.64. The van der Waals surface area contributed by atoms with Crippen molar-refractivity contribution >= 4 is 38.4 Å². The second-order valence-corrected chi connectivity index (χ2v) is 5.35. The smallest absolute Gasteiger partial charge is 0.321 e. The summed E-state index contributed by atoms with van der Waals surface area (Å²) in [5, 5.41) is 25.2. The Balaban J connectivity index is 2.12. The number of hydrogen-bond acceptors (Lipinski definition) is 6. The molecular weight excluding hydrogens is 296 g/mol. The highest BCUT2D eigenvalue weighted by molar-refractivity contribution is 7.22. The van der Waals surface area contributed by atoms with Gasteiger partial charge in [0.05, 0.1) is 27.8 Å². The maximum Gasteiger partial charge on any atom is 0.321 e. The van der Waals surface area contributed by atoms with E-state index < -0.39 is 11.0 Å². The first-order valence-corrected chi connectivity index (χ1v) is 7.08. The van der Waals surface area contributed by atoms with E-state index >= 15 is 0 Å². The van der Waals surface area contributed by atoms with E-state index in [9.17, 15) is 14.9 Å². The van der Waals surface area contributed by atoms with Crippen molar-refractivity contribution in [3.8, 4) is 0 Å². The van der Waals surface area contributed by atoms with E-state index in [1.54, 1.807) is 0 Å². The van der Waals surface area contributed by atoms with Crippen LogP contribution in [-0.4, -0.2) is 33.7 Å². The summed E-state index contributed by atoms with van der Waals surface area (Å²) in [5.41, 5.74) is 0.559. The van der Waals surface area contributed by atoms with Gasteiger partial charge in [-0.15, -0.1) is 0 Å². The van der Waals surface area contributed by atoms with Crippen molar-refractivity contribution in [3.05, 3.63) is 28.3 Å². The summed E-state index contributed by atoms with van der Waals surface area (Å²) in [6.07, 6.45) is 0.607. The van der Waals surface area contributed by atoms with Crippen molar-refractivity contribution in [3.63, 3.8) is 0 Å². The van der Waals surface area contributed by atoms with Gasteiger partial charge >= 0.3 is 6.03 Å². The number of hydrogen-bond donors (Lipinski definition) is 3. The number of amides is 2. The summed E-state index contributed by atoms with van der Waals surface area (Å²) in [6, 6.07) is 3.53. The Morgan fingerprint density at radius 1 is 1.57 bits per heavy atom. The number of benzene rings is 1. The molecule has 0 spiro atoms. The van der Waals surface area contributed by atoms with Gasteiger partial charge < -0.3 is 10.4 Å². The zero-order chi connectivity index (χ0) is 15.4. The number of rotatable bonds is 5. The highest BCUT2D eigenvalue weighted by Gasteiger charge is 2.13. The number of aromatic nitrogens is 1. The monoisotopic (exact) mass is 310 g/mol. The molecule has 1 aromatic carbocycles. The van der Waals surface area contributed by atoms with Gasteiger partial charge in [-0.25, -0.2) is 9.78 Å². The molecular formula is C12H14N4O4S. The maximum absolute atomic E-state index is 11.7. The maximum atomic E-state index is 11.7. The quantitative estimate of drug-likeness (QED) is 0.577. The molecule has 3 N–H and O–H groups in total. The molecule has 1 aromatic heterocycles. The fourth-order valence-corrected chi connectivity index (χ4v) is 2.57. The summed E-state index contributed by atoms with van der Waals surface area (Å²) in [4.78, 5) is 26.1. The molecule has 0 aliphatic carbocycles. The Kier molecular flexibility index (Phi) is 4.66. The summed E-state index contributed by atoms with van der Waals surface area (Å²) in [7, 11) is 0. The van der Waals surface area contributed by atoms with Gasteiger partial charge in [-0.3, -0.25) is 15.4 Å². The molecule has 0 aliphatic heterocycles. The molecule has 0 radical (unpaired) electrons. The third-order valence-electron chi connectivity index (χ3n) is 2.85. The first-order chi connectivity index (χ1) is 10.0. The molecule has 2 rings (SSSR count). The number of thiazole rings is 1. The van der Waals surface area contributed by atoms with Crippen LogP contribution in [0.25, 0.3) is 10.2 Å². The Hall–Kier alpha value is -2.26. The lowest BCUT2D eigenvalue weighted by Crippen LogP contribution is -2.39. The zero-order valence-corrected chi connectivity index (χ0v) is 12.0. The number of anilines is 1. The molecule has 1 unspecified atom stereocenters. The number of carbonyl (C=O) groups is 1. The minimum Gasteiger partial charge on any atom is -0.394 e. The second kappa shape index (κ2) is 6.46. The van der Waals surface area contributed by atoms with Crippen LogP contribution in [0.1, 0.15) is 13.3 Å². The van der Waals surface area contributed by atoms with Crippen LogP contribution in [0.3, 0.4) is 0 Å². The van der Waals surface area contributed by atoms with Crippen molar-refractivity contribution in [2.75, 3.05) is 11.9 Å². The van der Waals surface area contributed by atoms with E-state index in [2.05, 4.69) is 15.6 Å². The molecule has 2 amide bonds. The lowest BCUT2D eigenvalue weighted by atomic mass is 10.2. The third-order valence-corrected chi connectivity index (χ3v) is 3.79. The van der Waals surface area contributed by atoms with Crippen LogP contribution in [0.15, 0.2) is 18.2 Å². The van der Waals surface area contributed by atoms with Crippen LogP contribution >= 0.6 is 11.3 Å². The van der Waals surface area contributed by atoms with Gasteiger partial charge in [0.25, 0.3) is 5.69 Å². The number of nitro benzene ring substituents is 1. The predicted molar refractivity (Wildman–Crippen MR) is 79.6 cm³/mol. The van der Waals surface area contributed by atoms with Crippen molar-refractivity contribution < 1.29 is 14.8 Å². The number of nitrogens with zero attached hydrogens (tertiary/aromatic N) is 2. The zero-order valence-electron chi connectivity index (χ0n) is 11.2. The van der Waals surface area contributed by atoms with Crippen LogP contribution in [-0.2, 0) is 0 Å². The molecule has 0 saturated heterocycles. The van der Waals surface area contributed by atoms with Gasteiger partial charge in [-0.1, -0.05) is 18.3 Å². The van der Waals surface area contributed by atoms with E-state index in [1.165, 1.54) is 18.2 Å². The summed E-state index contributed by atoms with van der Waals surface area (Å²) < 4.78 is 0.619. The molecule has 0 fully saturated rings. The van der Waals surface area contributed by atoms with Gasteiger partial charge in [0.1, 0.15) is 0 Å². The lowest BCUT2D eigenvalue weighted by molar-refractivity contribution is -0.384. The van der Waals surface area contributed by atoms with Gasteiger partial charge in [-0.2, -0.15) is 0 Å². The average Bonchev–Trinajstić information content (AvgIpc) is 2.85.